The highest BCUT2D eigenvalue weighted by Gasteiger charge is 2.19. The number of benzene rings is 1. The second-order valence-corrected chi connectivity index (χ2v) is 6.84. The minimum atomic E-state index is 0.619. The summed E-state index contributed by atoms with van der Waals surface area (Å²) < 4.78 is 2.13. The molecule has 3 rings (SSSR count). The zero-order valence-corrected chi connectivity index (χ0v) is 14.0. The summed E-state index contributed by atoms with van der Waals surface area (Å²) >= 11 is 7.46. The molecule has 0 spiro atoms. The van der Waals surface area contributed by atoms with E-state index in [1.165, 1.54) is 12.8 Å². The van der Waals surface area contributed by atoms with Crippen molar-refractivity contribution in [1.82, 2.24) is 19.7 Å². The molecule has 0 amide bonds. The zero-order chi connectivity index (χ0) is 15.4. The van der Waals surface area contributed by atoms with Gasteiger partial charge in [-0.15, -0.1) is 10.2 Å². The lowest BCUT2D eigenvalue weighted by Crippen LogP contribution is -2.21. The molecular formula is C16H19ClN4S. The molecule has 0 N–H and O–H groups in total. The Morgan fingerprint density at radius 3 is 2.59 bits per heavy atom. The van der Waals surface area contributed by atoms with Crippen LogP contribution in [0.1, 0.15) is 18.7 Å². The monoisotopic (exact) mass is 334 g/mol. The van der Waals surface area contributed by atoms with Crippen LogP contribution in [0.2, 0.25) is 0 Å². The SMILES string of the molecule is C=C(Cl)CSc1nnc(CN2CCCC2)n1-c1ccccc1. The third kappa shape index (κ3) is 3.72. The number of rotatable bonds is 6. The van der Waals surface area contributed by atoms with Gasteiger partial charge >= 0.3 is 0 Å². The summed E-state index contributed by atoms with van der Waals surface area (Å²) in [4.78, 5) is 2.43. The summed E-state index contributed by atoms with van der Waals surface area (Å²) in [6.07, 6.45) is 2.54. The lowest BCUT2D eigenvalue weighted by molar-refractivity contribution is 0.319. The number of halogens is 1. The maximum Gasteiger partial charge on any atom is 0.196 e. The van der Waals surface area contributed by atoms with Crippen LogP contribution in [0.4, 0.5) is 0 Å². The van der Waals surface area contributed by atoms with Crippen LogP contribution in [0.25, 0.3) is 5.69 Å². The first-order valence-electron chi connectivity index (χ1n) is 7.42. The Morgan fingerprint density at radius 1 is 1.18 bits per heavy atom. The first-order chi connectivity index (χ1) is 10.7. The van der Waals surface area contributed by atoms with Crippen LogP contribution in [-0.2, 0) is 6.54 Å². The largest absolute Gasteiger partial charge is 0.296 e. The lowest BCUT2D eigenvalue weighted by atomic mass is 10.3. The molecule has 2 heterocycles. The molecular weight excluding hydrogens is 316 g/mol. The minimum absolute atomic E-state index is 0.619. The molecule has 0 saturated carbocycles. The van der Waals surface area contributed by atoms with Crippen molar-refractivity contribution < 1.29 is 0 Å². The average Bonchev–Trinajstić information content (AvgIpc) is 3.16. The number of aromatic nitrogens is 3. The number of likely N-dealkylation sites (tertiary alicyclic amines) is 1. The molecule has 116 valence electrons. The predicted octanol–water partition coefficient (Wildman–Crippen LogP) is 3.71. The van der Waals surface area contributed by atoms with E-state index in [9.17, 15) is 0 Å². The summed E-state index contributed by atoms with van der Waals surface area (Å²) in [6, 6.07) is 10.2. The Hall–Kier alpha value is -1.30. The van der Waals surface area contributed by atoms with Gasteiger partial charge in [-0.25, -0.2) is 0 Å². The van der Waals surface area contributed by atoms with E-state index in [4.69, 9.17) is 11.6 Å². The molecule has 0 unspecified atom stereocenters. The Kier molecular flexibility index (Phi) is 5.18. The topological polar surface area (TPSA) is 34.0 Å². The average molecular weight is 335 g/mol. The number of hydrogen-bond acceptors (Lipinski definition) is 4. The van der Waals surface area contributed by atoms with E-state index < -0.39 is 0 Å². The number of thioether (sulfide) groups is 1. The van der Waals surface area contributed by atoms with Gasteiger partial charge in [0.05, 0.1) is 6.54 Å². The van der Waals surface area contributed by atoms with Crippen LogP contribution in [-0.4, -0.2) is 38.5 Å². The van der Waals surface area contributed by atoms with Gasteiger partial charge in [-0.05, 0) is 38.1 Å². The van der Waals surface area contributed by atoms with Crippen LogP contribution in [0.5, 0.6) is 0 Å². The molecule has 0 bridgehead atoms. The van der Waals surface area contributed by atoms with Crippen LogP contribution in [0.3, 0.4) is 0 Å². The van der Waals surface area contributed by atoms with Gasteiger partial charge in [0.2, 0.25) is 0 Å². The molecule has 1 aromatic carbocycles. The Morgan fingerprint density at radius 2 is 1.91 bits per heavy atom. The molecule has 1 aliphatic rings. The lowest BCUT2D eigenvalue weighted by Gasteiger charge is -2.15. The molecule has 0 radical (unpaired) electrons. The molecule has 1 aromatic heterocycles. The standard InChI is InChI=1S/C16H19ClN4S/c1-13(17)12-22-16-19-18-15(11-20-9-5-6-10-20)21(16)14-7-3-2-4-8-14/h2-4,7-8H,1,5-6,9-12H2. The van der Waals surface area contributed by atoms with Gasteiger partial charge < -0.3 is 0 Å². The third-order valence-electron chi connectivity index (χ3n) is 3.64. The molecule has 1 aliphatic heterocycles. The Bertz CT molecular complexity index is 635. The van der Waals surface area contributed by atoms with Gasteiger partial charge in [0, 0.05) is 16.5 Å². The highest BCUT2D eigenvalue weighted by Crippen LogP contribution is 2.25. The van der Waals surface area contributed by atoms with Crippen LogP contribution in [0.15, 0.2) is 47.1 Å². The molecule has 1 saturated heterocycles. The maximum absolute atomic E-state index is 5.89. The number of para-hydroxylation sites is 1. The molecule has 4 nitrogen and oxygen atoms in total. The first-order valence-corrected chi connectivity index (χ1v) is 8.78. The fraction of sp³-hybridized carbons (Fsp3) is 0.375. The van der Waals surface area contributed by atoms with Crippen LogP contribution < -0.4 is 0 Å². The molecule has 0 atom stereocenters. The van der Waals surface area contributed by atoms with Crippen molar-refractivity contribution >= 4 is 23.4 Å². The molecule has 0 aliphatic carbocycles. The number of hydrogen-bond donors (Lipinski definition) is 0. The van der Waals surface area contributed by atoms with Crippen molar-refractivity contribution in [2.75, 3.05) is 18.8 Å². The van der Waals surface area contributed by atoms with Crippen molar-refractivity contribution in [3.05, 3.63) is 47.8 Å². The van der Waals surface area contributed by atoms with Gasteiger partial charge in [-0.1, -0.05) is 48.1 Å². The van der Waals surface area contributed by atoms with Gasteiger partial charge in [0.15, 0.2) is 11.0 Å². The second-order valence-electron chi connectivity index (χ2n) is 5.36. The summed E-state index contributed by atoms with van der Waals surface area (Å²) in [5, 5.41) is 10.3. The molecule has 2 aromatic rings. The first kappa shape index (κ1) is 15.6. The number of nitrogens with zero attached hydrogens (tertiary/aromatic N) is 4. The highest BCUT2D eigenvalue weighted by molar-refractivity contribution is 7.99. The minimum Gasteiger partial charge on any atom is -0.296 e. The Balaban J connectivity index is 1.89. The third-order valence-corrected chi connectivity index (χ3v) is 4.94. The summed E-state index contributed by atoms with van der Waals surface area (Å²) in [6.45, 7) is 6.86. The predicted molar refractivity (Wildman–Crippen MR) is 91.6 cm³/mol. The van der Waals surface area contributed by atoms with E-state index in [-0.39, 0.29) is 0 Å². The second kappa shape index (κ2) is 7.31. The Labute approximate surface area is 140 Å². The van der Waals surface area contributed by atoms with Gasteiger partial charge in [0.1, 0.15) is 0 Å². The summed E-state index contributed by atoms with van der Waals surface area (Å²) in [7, 11) is 0. The summed E-state index contributed by atoms with van der Waals surface area (Å²) in [5.41, 5.74) is 1.09. The fourth-order valence-electron chi connectivity index (χ4n) is 2.62. The fourth-order valence-corrected chi connectivity index (χ4v) is 3.50. The normalized spacial score (nSPS) is 15.3. The van der Waals surface area contributed by atoms with Crippen LogP contribution >= 0.6 is 23.4 Å². The van der Waals surface area contributed by atoms with Gasteiger partial charge in [0.25, 0.3) is 0 Å². The van der Waals surface area contributed by atoms with E-state index in [2.05, 4.69) is 38.4 Å². The maximum atomic E-state index is 5.89. The summed E-state index contributed by atoms with van der Waals surface area (Å²) in [5.74, 6) is 1.62. The van der Waals surface area contributed by atoms with Gasteiger partial charge in [-0.3, -0.25) is 9.47 Å². The van der Waals surface area contributed by atoms with Crippen LogP contribution in [0, 0.1) is 0 Å². The van der Waals surface area contributed by atoms with Crippen molar-refractivity contribution in [3.63, 3.8) is 0 Å². The quantitative estimate of drug-likeness (QED) is 0.754. The van der Waals surface area contributed by atoms with E-state index in [0.717, 1.165) is 36.3 Å². The van der Waals surface area contributed by atoms with E-state index >= 15 is 0 Å². The highest BCUT2D eigenvalue weighted by atomic mass is 35.5. The van der Waals surface area contributed by atoms with Crippen molar-refractivity contribution in [2.45, 2.75) is 24.5 Å². The molecule has 22 heavy (non-hydrogen) atoms. The van der Waals surface area contributed by atoms with E-state index in [1.54, 1.807) is 11.8 Å². The van der Waals surface area contributed by atoms with Crippen molar-refractivity contribution in [3.8, 4) is 5.69 Å². The zero-order valence-electron chi connectivity index (χ0n) is 12.4. The molecule has 1 fully saturated rings. The van der Waals surface area contributed by atoms with E-state index in [0.29, 0.717) is 10.8 Å². The smallest absolute Gasteiger partial charge is 0.196 e. The van der Waals surface area contributed by atoms with Crippen molar-refractivity contribution in [2.24, 2.45) is 0 Å². The van der Waals surface area contributed by atoms with E-state index in [1.807, 2.05) is 18.2 Å². The molecule has 6 heteroatoms. The van der Waals surface area contributed by atoms with Crippen molar-refractivity contribution in [1.29, 1.82) is 0 Å². The van der Waals surface area contributed by atoms with Gasteiger partial charge in [-0.2, -0.15) is 0 Å².